The van der Waals surface area contributed by atoms with Gasteiger partial charge in [-0.1, -0.05) is 12.1 Å². The average molecular weight is 250 g/mol. The van der Waals surface area contributed by atoms with E-state index in [0.29, 0.717) is 6.42 Å². The molecule has 98 valence electrons. The van der Waals surface area contributed by atoms with Crippen molar-refractivity contribution in [3.63, 3.8) is 0 Å². The highest BCUT2D eigenvalue weighted by Crippen LogP contribution is 2.24. The Labute approximate surface area is 107 Å². The van der Waals surface area contributed by atoms with Gasteiger partial charge < -0.3 is 14.6 Å². The number of carbonyl (C=O) groups excluding carboxylic acids is 1. The highest BCUT2D eigenvalue weighted by Gasteiger charge is 2.24. The summed E-state index contributed by atoms with van der Waals surface area (Å²) in [7, 11) is 1.38. The van der Waals surface area contributed by atoms with E-state index in [2.05, 4.69) is 4.74 Å². The lowest BCUT2D eigenvalue weighted by atomic mass is 10.1. The van der Waals surface area contributed by atoms with Gasteiger partial charge in [0.15, 0.2) is 0 Å². The monoisotopic (exact) mass is 250 g/mol. The molecule has 0 aliphatic heterocycles. The molecule has 2 atom stereocenters. The van der Waals surface area contributed by atoms with Crippen molar-refractivity contribution in [1.29, 1.82) is 0 Å². The summed E-state index contributed by atoms with van der Waals surface area (Å²) in [5.41, 5.74) is 0.903. The van der Waals surface area contributed by atoms with Gasteiger partial charge in [-0.2, -0.15) is 0 Å². The number of esters is 1. The van der Waals surface area contributed by atoms with Crippen LogP contribution in [-0.2, 0) is 16.0 Å². The standard InChI is InChI=1S/C14H18O4/c1-17-14(16)8-10-2-5-12(6-3-10)18-13-7-4-11(15)9-13/h2-3,5-6,11,13,15H,4,7-9H2,1H3. The molecule has 2 unspecified atom stereocenters. The molecule has 1 saturated carbocycles. The fourth-order valence-electron chi connectivity index (χ4n) is 2.14. The minimum absolute atomic E-state index is 0.103. The molecule has 0 radical (unpaired) electrons. The van der Waals surface area contributed by atoms with Crippen LogP contribution in [0.5, 0.6) is 5.75 Å². The van der Waals surface area contributed by atoms with Crippen LogP contribution >= 0.6 is 0 Å². The van der Waals surface area contributed by atoms with Gasteiger partial charge in [0.1, 0.15) is 11.9 Å². The highest BCUT2D eigenvalue weighted by molar-refractivity contribution is 5.72. The van der Waals surface area contributed by atoms with Gasteiger partial charge in [0.2, 0.25) is 0 Å². The molecule has 0 saturated heterocycles. The summed E-state index contributed by atoms with van der Waals surface area (Å²) in [6, 6.07) is 7.42. The number of aliphatic hydroxyl groups excluding tert-OH is 1. The molecule has 0 bridgehead atoms. The molecule has 4 heteroatoms. The van der Waals surface area contributed by atoms with E-state index < -0.39 is 0 Å². The maximum atomic E-state index is 11.1. The van der Waals surface area contributed by atoms with Gasteiger partial charge in [0, 0.05) is 6.42 Å². The molecule has 4 nitrogen and oxygen atoms in total. The van der Waals surface area contributed by atoms with E-state index in [-0.39, 0.29) is 24.6 Å². The van der Waals surface area contributed by atoms with Crippen molar-refractivity contribution < 1.29 is 19.4 Å². The normalized spacial score (nSPS) is 22.8. The number of hydrogen-bond donors (Lipinski definition) is 1. The van der Waals surface area contributed by atoms with Crippen molar-refractivity contribution in [3.05, 3.63) is 29.8 Å². The zero-order chi connectivity index (χ0) is 13.0. The zero-order valence-corrected chi connectivity index (χ0v) is 10.5. The van der Waals surface area contributed by atoms with Gasteiger partial charge in [0.25, 0.3) is 0 Å². The van der Waals surface area contributed by atoms with Crippen molar-refractivity contribution >= 4 is 5.97 Å². The summed E-state index contributed by atoms with van der Waals surface area (Å²) in [6.07, 6.45) is 2.55. The summed E-state index contributed by atoms with van der Waals surface area (Å²) < 4.78 is 10.4. The van der Waals surface area contributed by atoms with Gasteiger partial charge >= 0.3 is 5.97 Å². The number of carbonyl (C=O) groups is 1. The minimum atomic E-state index is -0.248. The second-order valence-corrected chi connectivity index (χ2v) is 4.60. The van der Waals surface area contributed by atoms with Crippen LogP contribution in [0.4, 0.5) is 0 Å². The number of aliphatic hydroxyl groups is 1. The minimum Gasteiger partial charge on any atom is -0.490 e. The van der Waals surface area contributed by atoms with Crippen molar-refractivity contribution in [2.24, 2.45) is 0 Å². The Balaban J connectivity index is 1.89. The molecule has 0 spiro atoms. The van der Waals surface area contributed by atoms with E-state index in [0.717, 1.165) is 24.2 Å². The van der Waals surface area contributed by atoms with Crippen LogP contribution in [0, 0.1) is 0 Å². The lowest BCUT2D eigenvalue weighted by Crippen LogP contribution is -2.13. The third-order valence-corrected chi connectivity index (χ3v) is 3.16. The fourth-order valence-corrected chi connectivity index (χ4v) is 2.14. The molecule has 1 N–H and O–H groups in total. The van der Waals surface area contributed by atoms with Crippen LogP contribution in [0.3, 0.4) is 0 Å². The van der Waals surface area contributed by atoms with E-state index in [9.17, 15) is 9.90 Å². The maximum absolute atomic E-state index is 11.1. The molecule has 0 amide bonds. The number of ether oxygens (including phenoxy) is 2. The summed E-state index contributed by atoms with van der Waals surface area (Å²) >= 11 is 0. The van der Waals surface area contributed by atoms with Gasteiger partial charge in [-0.3, -0.25) is 4.79 Å². The van der Waals surface area contributed by atoms with E-state index in [1.807, 2.05) is 24.3 Å². The third-order valence-electron chi connectivity index (χ3n) is 3.16. The van der Waals surface area contributed by atoms with Crippen molar-refractivity contribution in [2.45, 2.75) is 37.9 Å². The van der Waals surface area contributed by atoms with Crippen molar-refractivity contribution in [1.82, 2.24) is 0 Å². The molecule has 1 aliphatic rings. The van der Waals surface area contributed by atoms with E-state index in [1.54, 1.807) is 0 Å². The SMILES string of the molecule is COC(=O)Cc1ccc(OC2CCC(O)C2)cc1. The molecule has 18 heavy (non-hydrogen) atoms. The summed E-state index contributed by atoms with van der Waals surface area (Å²) in [4.78, 5) is 11.1. The van der Waals surface area contributed by atoms with Crippen LogP contribution in [-0.4, -0.2) is 30.4 Å². The summed E-state index contributed by atoms with van der Waals surface area (Å²) in [5.74, 6) is 0.533. The smallest absolute Gasteiger partial charge is 0.309 e. The number of methoxy groups -OCH3 is 1. The van der Waals surface area contributed by atoms with Gasteiger partial charge in [-0.05, 0) is 30.5 Å². The molecular formula is C14H18O4. The predicted molar refractivity (Wildman–Crippen MR) is 66.4 cm³/mol. The van der Waals surface area contributed by atoms with Gasteiger partial charge in [-0.15, -0.1) is 0 Å². The first-order chi connectivity index (χ1) is 8.67. The van der Waals surface area contributed by atoms with Crippen LogP contribution in [0.2, 0.25) is 0 Å². The Morgan fingerprint density at radius 1 is 1.33 bits per heavy atom. The zero-order valence-electron chi connectivity index (χ0n) is 10.5. The summed E-state index contributed by atoms with van der Waals surface area (Å²) in [5, 5.41) is 9.42. The van der Waals surface area contributed by atoms with E-state index >= 15 is 0 Å². The second-order valence-electron chi connectivity index (χ2n) is 4.60. The lowest BCUT2D eigenvalue weighted by molar-refractivity contribution is -0.139. The molecule has 1 aliphatic carbocycles. The molecule has 2 rings (SSSR count). The van der Waals surface area contributed by atoms with Crippen LogP contribution in [0.15, 0.2) is 24.3 Å². The lowest BCUT2D eigenvalue weighted by Gasteiger charge is -2.13. The first kappa shape index (κ1) is 12.9. The maximum Gasteiger partial charge on any atom is 0.309 e. The van der Waals surface area contributed by atoms with Crippen LogP contribution < -0.4 is 4.74 Å². The summed E-state index contributed by atoms with van der Waals surface area (Å²) in [6.45, 7) is 0. The number of hydrogen-bond acceptors (Lipinski definition) is 4. The quantitative estimate of drug-likeness (QED) is 0.826. The Hall–Kier alpha value is -1.55. The second kappa shape index (κ2) is 5.87. The molecule has 1 fully saturated rings. The van der Waals surface area contributed by atoms with Crippen molar-refractivity contribution in [2.75, 3.05) is 7.11 Å². The fraction of sp³-hybridized carbons (Fsp3) is 0.500. The Morgan fingerprint density at radius 2 is 2.06 bits per heavy atom. The molecule has 0 heterocycles. The Morgan fingerprint density at radius 3 is 2.61 bits per heavy atom. The highest BCUT2D eigenvalue weighted by atomic mass is 16.5. The molecule has 1 aromatic carbocycles. The Bertz CT molecular complexity index is 399. The largest absolute Gasteiger partial charge is 0.490 e. The average Bonchev–Trinajstić information content (AvgIpc) is 2.77. The third kappa shape index (κ3) is 3.47. The topological polar surface area (TPSA) is 55.8 Å². The van der Waals surface area contributed by atoms with Gasteiger partial charge in [-0.25, -0.2) is 0 Å². The predicted octanol–water partition coefficient (Wildman–Crippen LogP) is 1.69. The molecular weight excluding hydrogens is 232 g/mol. The van der Waals surface area contributed by atoms with E-state index in [1.165, 1.54) is 7.11 Å². The first-order valence-electron chi connectivity index (χ1n) is 6.18. The first-order valence-corrected chi connectivity index (χ1v) is 6.18. The van der Waals surface area contributed by atoms with Gasteiger partial charge in [0.05, 0.1) is 19.6 Å². The van der Waals surface area contributed by atoms with Crippen LogP contribution in [0.25, 0.3) is 0 Å². The molecule has 0 aromatic heterocycles. The van der Waals surface area contributed by atoms with E-state index in [4.69, 9.17) is 4.74 Å². The molecule has 1 aromatic rings. The Kier molecular flexibility index (Phi) is 4.20. The van der Waals surface area contributed by atoms with Crippen LogP contribution in [0.1, 0.15) is 24.8 Å². The van der Waals surface area contributed by atoms with Crippen molar-refractivity contribution in [3.8, 4) is 5.75 Å². The number of benzene rings is 1. The number of rotatable bonds is 4.